The lowest BCUT2D eigenvalue weighted by Gasteiger charge is -2.09. The van der Waals surface area contributed by atoms with Crippen LogP contribution in [-0.2, 0) is 6.54 Å². The number of hydrogen-bond acceptors (Lipinski definition) is 3. The molecule has 3 nitrogen and oxygen atoms in total. The molecule has 0 spiro atoms. The summed E-state index contributed by atoms with van der Waals surface area (Å²) in [7, 11) is 0. The Morgan fingerprint density at radius 2 is 1.77 bits per heavy atom. The number of rotatable bonds is 6. The quantitative estimate of drug-likeness (QED) is 0.242. The Bertz CT molecular complexity index is 1260. The van der Waals surface area contributed by atoms with Crippen molar-refractivity contribution < 1.29 is 0 Å². The molecule has 0 atom stereocenters. The fourth-order valence-electron chi connectivity index (χ4n) is 3.19. The maximum absolute atomic E-state index is 6.24. The van der Waals surface area contributed by atoms with Crippen LogP contribution in [0.25, 0.3) is 11.3 Å². The van der Waals surface area contributed by atoms with Crippen molar-refractivity contribution in [1.82, 2.24) is 4.68 Å². The van der Waals surface area contributed by atoms with E-state index >= 15 is 0 Å². The zero-order valence-corrected chi connectivity index (χ0v) is 20.2. The first-order valence-corrected chi connectivity index (χ1v) is 12.0. The normalized spacial score (nSPS) is 12.4. The predicted molar refractivity (Wildman–Crippen MR) is 135 cm³/mol. The number of hydrogen-bond donors (Lipinski definition) is 0. The van der Waals surface area contributed by atoms with Gasteiger partial charge in [0.05, 0.1) is 18.0 Å². The van der Waals surface area contributed by atoms with Crippen molar-refractivity contribution >= 4 is 44.6 Å². The molecule has 0 bridgehead atoms. The van der Waals surface area contributed by atoms with Crippen LogP contribution >= 0.6 is 38.9 Å². The molecule has 0 saturated carbocycles. The van der Waals surface area contributed by atoms with Gasteiger partial charge in [0.15, 0.2) is 0 Å². The summed E-state index contributed by atoms with van der Waals surface area (Å²) in [5, 5.41) is 7.86. The van der Waals surface area contributed by atoms with Crippen LogP contribution in [0.4, 0.5) is 0 Å². The van der Waals surface area contributed by atoms with E-state index in [1.165, 1.54) is 5.56 Å². The minimum absolute atomic E-state index is 0.606. The minimum atomic E-state index is 0.606. The van der Waals surface area contributed by atoms with Crippen LogP contribution in [0.15, 0.2) is 98.8 Å². The highest BCUT2D eigenvalue weighted by Crippen LogP contribution is 2.23. The average molecular weight is 511 g/mol. The molecule has 3 aromatic carbocycles. The van der Waals surface area contributed by atoms with E-state index in [1.54, 1.807) is 11.3 Å². The maximum atomic E-state index is 6.24. The predicted octanol–water partition coefficient (Wildman–Crippen LogP) is 7.40. The zero-order chi connectivity index (χ0) is 21.6. The van der Waals surface area contributed by atoms with Gasteiger partial charge in [-0.15, -0.1) is 11.3 Å². The molecule has 0 aliphatic heterocycles. The van der Waals surface area contributed by atoms with Crippen molar-refractivity contribution in [3.63, 3.8) is 0 Å². The summed E-state index contributed by atoms with van der Waals surface area (Å²) in [6.07, 6.45) is 0.779. The van der Waals surface area contributed by atoms with Crippen molar-refractivity contribution in [3.05, 3.63) is 110 Å². The van der Waals surface area contributed by atoms with E-state index in [4.69, 9.17) is 21.7 Å². The van der Waals surface area contributed by atoms with Gasteiger partial charge in [-0.1, -0.05) is 89.1 Å². The highest BCUT2D eigenvalue weighted by Gasteiger charge is 2.10. The van der Waals surface area contributed by atoms with Gasteiger partial charge in [0, 0.05) is 20.4 Å². The lowest BCUT2D eigenvalue weighted by atomic mass is 10.1. The van der Waals surface area contributed by atoms with Crippen molar-refractivity contribution in [3.8, 4) is 11.3 Å². The third-order valence-electron chi connectivity index (χ3n) is 4.78. The third kappa shape index (κ3) is 5.42. The second-order valence-corrected chi connectivity index (χ2v) is 9.12. The minimum Gasteiger partial charge on any atom is -0.253 e. The van der Waals surface area contributed by atoms with E-state index in [0.29, 0.717) is 11.6 Å². The van der Waals surface area contributed by atoms with Crippen molar-refractivity contribution in [2.45, 2.75) is 19.9 Å². The Kier molecular flexibility index (Phi) is 7.17. The summed E-state index contributed by atoms with van der Waals surface area (Å²) < 4.78 is 3.00. The maximum Gasteiger partial charge on any atom is 0.206 e. The topological polar surface area (TPSA) is 29.6 Å². The Morgan fingerprint density at radius 1 is 1.00 bits per heavy atom. The van der Waals surface area contributed by atoms with Gasteiger partial charge in [0.25, 0.3) is 0 Å². The molecule has 6 heteroatoms. The van der Waals surface area contributed by atoms with Gasteiger partial charge in [-0.3, -0.25) is 4.99 Å². The van der Waals surface area contributed by atoms with Gasteiger partial charge in [0.2, 0.25) is 4.80 Å². The number of aromatic nitrogens is 1. The van der Waals surface area contributed by atoms with Gasteiger partial charge in [-0.05, 0) is 41.8 Å². The van der Waals surface area contributed by atoms with E-state index in [9.17, 15) is 0 Å². The highest BCUT2D eigenvalue weighted by molar-refractivity contribution is 9.10. The fourth-order valence-corrected chi connectivity index (χ4v) is 4.47. The van der Waals surface area contributed by atoms with Crippen LogP contribution in [0.3, 0.4) is 0 Å². The largest absolute Gasteiger partial charge is 0.253 e. The Labute approximate surface area is 199 Å². The third-order valence-corrected chi connectivity index (χ3v) is 6.40. The van der Waals surface area contributed by atoms with Crippen LogP contribution in [0.5, 0.6) is 0 Å². The summed E-state index contributed by atoms with van der Waals surface area (Å²) in [5.74, 6) is 0. The summed E-state index contributed by atoms with van der Waals surface area (Å²) >= 11 is 11.4. The van der Waals surface area contributed by atoms with E-state index in [2.05, 4.69) is 52.5 Å². The molecule has 1 heterocycles. The first-order chi connectivity index (χ1) is 15.1. The van der Waals surface area contributed by atoms with Gasteiger partial charge < -0.3 is 0 Å². The van der Waals surface area contributed by atoms with E-state index < -0.39 is 0 Å². The molecule has 0 fully saturated rings. The molecule has 1 aromatic heterocycles. The molecule has 4 rings (SSSR count). The van der Waals surface area contributed by atoms with Gasteiger partial charge in [-0.25, -0.2) is 4.68 Å². The average Bonchev–Trinajstić information content (AvgIpc) is 3.19. The molecule has 0 radical (unpaired) electrons. The molecular weight excluding hydrogens is 490 g/mol. The van der Waals surface area contributed by atoms with Crippen LogP contribution < -0.4 is 4.80 Å². The summed E-state index contributed by atoms with van der Waals surface area (Å²) in [6, 6.07) is 26.4. The number of nitrogens with zero attached hydrogens (tertiary/aromatic N) is 3. The van der Waals surface area contributed by atoms with Crippen LogP contribution in [0.1, 0.15) is 24.5 Å². The van der Waals surface area contributed by atoms with Gasteiger partial charge in [-0.2, -0.15) is 5.10 Å². The number of benzene rings is 3. The molecule has 31 heavy (non-hydrogen) atoms. The van der Waals surface area contributed by atoms with Crippen molar-refractivity contribution in [1.29, 1.82) is 0 Å². The first-order valence-electron chi connectivity index (χ1n) is 9.98. The number of halogens is 2. The lowest BCUT2D eigenvalue weighted by molar-refractivity contribution is 0.815. The molecule has 156 valence electrons. The summed E-state index contributed by atoms with van der Waals surface area (Å²) in [6.45, 7) is 2.71. The molecule has 0 amide bonds. The monoisotopic (exact) mass is 509 g/mol. The lowest BCUT2D eigenvalue weighted by Crippen LogP contribution is -2.15. The summed E-state index contributed by atoms with van der Waals surface area (Å²) in [4.78, 5) is 5.73. The molecule has 0 saturated heterocycles. The fraction of sp³-hybridized carbons (Fsp3) is 0.120. The SMILES string of the molecule is CC/C(=N/n1c(-c2ccc(Br)cc2)csc1=NCc1ccccc1)c1cccc(Cl)c1. The smallest absolute Gasteiger partial charge is 0.206 e. The molecule has 0 aliphatic rings. The van der Waals surface area contributed by atoms with E-state index in [1.807, 2.05) is 59.3 Å². The first kappa shape index (κ1) is 21.8. The van der Waals surface area contributed by atoms with Gasteiger partial charge in [0.1, 0.15) is 0 Å². The van der Waals surface area contributed by atoms with Crippen LogP contribution in [0.2, 0.25) is 5.02 Å². The van der Waals surface area contributed by atoms with Crippen LogP contribution in [0, 0.1) is 0 Å². The summed E-state index contributed by atoms with van der Waals surface area (Å²) in [5.41, 5.74) is 5.25. The second-order valence-electron chi connectivity index (χ2n) is 6.93. The Hall–Kier alpha value is -2.47. The molecule has 0 N–H and O–H groups in total. The van der Waals surface area contributed by atoms with Crippen molar-refractivity contribution in [2.75, 3.05) is 0 Å². The Morgan fingerprint density at radius 3 is 2.48 bits per heavy atom. The molecular formula is C25H21BrClN3S. The van der Waals surface area contributed by atoms with Crippen molar-refractivity contribution in [2.24, 2.45) is 10.1 Å². The molecule has 0 aliphatic carbocycles. The molecule has 0 unspecified atom stereocenters. The highest BCUT2D eigenvalue weighted by atomic mass is 79.9. The van der Waals surface area contributed by atoms with E-state index in [-0.39, 0.29) is 0 Å². The van der Waals surface area contributed by atoms with E-state index in [0.717, 1.165) is 38.2 Å². The Balaban J connectivity index is 1.84. The number of thiazole rings is 1. The van der Waals surface area contributed by atoms with Gasteiger partial charge >= 0.3 is 0 Å². The zero-order valence-electron chi connectivity index (χ0n) is 17.0. The van der Waals surface area contributed by atoms with Crippen LogP contribution in [-0.4, -0.2) is 10.4 Å². The second kappa shape index (κ2) is 10.2. The standard InChI is InChI=1S/C25H21BrClN3S/c1-2-23(20-9-6-10-22(27)15-20)29-30-24(19-11-13-21(26)14-12-19)17-31-25(30)28-16-18-7-4-3-5-8-18/h3-15,17H,2,16H2,1H3/b28-25?,29-23-. The molecule has 4 aromatic rings.